The summed E-state index contributed by atoms with van der Waals surface area (Å²) in [6.45, 7) is 6.90. The molecular weight excluding hydrogens is 484 g/mol. The van der Waals surface area contributed by atoms with Gasteiger partial charge in [0, 0.05) is 11.0 Å². The van der Waals surface area contributed by atoms with Crippen molar-refractivity contribution < 1.29 is 19.1 Å². The summed E-state index contributed by atoms with van der Waals surface area (Å²) in [6, 6.07) is 14.6. The summed E-state index contributed by atoms with van der Waals surface area (Å²) in [5.74, 6) is 1.34. The molecule has 7 heteroatoms. The van der Waals surface area contributed by atoms with Crippen molar-refractivity contribution in [2.45, 2.75) is 46.2 Å². The molecule has 1 amide bonds. The van der Waals surface area contributed by atoms with Gasteiger partial charge in [0.15, 0.2) is 0 Å². The highest BCUT2D eigenvalue weighted by Crippen LogP contribution is 2.46. The van der Waals surface area contributed by atoms with Crippen LogP contribution < -0.4 is 20.1 Å². The molecule has 0 saturated heterocycles. The second-order valence-electron chi connectivity index (χ2n) is 10.7. The number of fused-ring (bicyclic) bond motifs is 3. The van der Waals surface area contributed by atoms with E-state index < -0.39 is 5.97 Å². The van der Waals surface area contributed by atoms with Crippen LogP contribution in [0.2, 0.25) is 0 Å². The minimum absolute atomic E-state index is 0.0235. The summed E-state index contributed by atoms with van der Waals surface area (Å²) in [6.07, 6.45) is 5.85. The van der Waals surface area contributed by atoms with Gasteiger partial charge in [0.1, 0.15) is 22.7 Å². The number of thiophene rings is 1. The molecule has 1 aliphatic heterocycles. The van der Waals surface area contributed by atoms with Gasteiger partial charge in [0.2, 0.25) is 0 Å². The van der Waals surface area contributed by atoms with E-state index in [1.165, 1.54) is 16.5 Å². The normalized spacial score (nSPS) is 19.0. The van der Waals surface area contributed by atoms with Crippen LogP contribution in [0.5, 0.6) is 11.5 Å². The van der Waals surface area contributed by atoms with Crippen LogP contribution in [0, 0.1) is 11.3 Å². The van der Waals surface area contributed by atoms with Crippen LogP contribution in [-0.4, -0.2) is 19.0 Å². The number of carbonyl (C=O) groups is 2. The minimum atomic E-state index is -0.463. The molecule has 0 saturated carbocycles. The van der Waals surface area contributed by atoms with Gasteiger partial charge in [-0.15, -0.1) is 11.3 Å². The molecule has 37 heavy (non-hydrogen) atoms. The van der Waals surface area contributed by atoms with Crippen molar-refractivity contribution in [2.24, 2.45) is 11.3 Å². The third-order valence-corrected chi connectivity index (χ3v) is 8.41. The highest BCUT2D eigenvalue weighted by molar-refractivity contribution is 7.16. The van der Waals surface area contributed by atoms with Gasteiger partial charge in [0.25, 0.3) is 5.91 Å². The lowest BCUT2D eigenvalue weighted by molar-refractivity contribution is -0.128. The molecule has 6 nitrogen and oxygen atoms in total. The topological polar surface area (TPSA) is 76.7 Å². The maximum absolute atomic E-state index is 13.1. The third kappa shape index (κ3) is 5.42. The van der Waals surface area contributed by atoms with Crippen LogP contribution >= 0.6 is 11.3 Å². The summed E-state index contributed by atoms with van der Waals surface area (Å²) in [5.41, 5.74) is 4.06. The van der Waals surface area contributed by atoms with E-state index in [4.69, 9.17) is 9.47 Å². The van der Waals surface area contributed by atoms with E-state index in [0.29, 0.717) is 11.7 Å². The van der Waals surface area contributed by atoms with E-state index >= 15 is 0 Å². The monoisotopic (exact) mass is 516 g/mol. The average Bonchev–Trinajstić information content (AvgIpc) is 3.26. The summed E-state index contributed by atoms with van der Waals surface area (Å²) < 4.78 is 10.6. The Balaban J connectivity index is 1.23. The van der Waals surface area contributed by atoms with Crippen molar-refractivity contribution in [3.8, 4) is 11.5 Å². The number of nitrogens with one attached hydrogen (secondary N) is 2. The fraction of sp³-hybridized carbons (Fsp3) is 0.333. The van der Waals surface area contributed by atoms with Gasteiger partial charge in [-0.3, -0.25) is 4.79 Å². The first-order valence-corrected chi connectivity index (χ1v) is 13.4. The van der Waals surface area contributed by atoms with Gasteiger partial charge >= 0.3 is 5.97 Å². The molecular formula is C30H32N2O4S. The zero-order chi connectivity index (χ0) is 26.2. The Kier molecular flexibility index (Phi) is 6.82. The molecule has 1 aliphatic carbocycles. The number of hydrogen-bond donors (Lipinski definition) is 2. The van der Waals surface area contributed by atoms with Crippen molar-refractivity contribution in [1.82, 2.24) is 5.32 Å². The van der Waals surface area contributed by atoms with Crippen molar-refractivity contribution in [3.63, 3.8) is 0 Å². The molecule has 0 unspecified atom stereocenters. The van der Waals surface area contributed by atoms with E-state index in [-0.39, 0.29) is 17.5 Å². The van der Waals surface area contributed by atoms with E-state index in [0.717, 1.165) is 46.7 Å². The molecule has 192 valence electrons. The summed E-state index contributed by atoms with van der Waals surface area (Å²) in [5, 5.41) is 7.57. The number of methoxy groups -OCH3 is 1. The van der Waals surface area contributed by atoms with E-state index in [1.807, 2.05) is 36.4 Å². The molecule has 1 aromatic heterocycles. The first-order valence-electron chi connectivity index (χ1n) is 12.6. The lowest BCUT2D eigenvalue weighted by Crippen LogP contribution is -2.38. The predicted molar refractivity (Wildman–Crippen MR) is 147 cm³/mol. The summed E-state index contributed by atoms with van der Waals surface area (Å²) in [4.78, 5) is 26.7. The van der Waals surface area contributed by atoms with Gasteiger partial charge in [-0.25, -0.2) is 4.79 Å². The number of amides is 1. The zero-order valence-electron chi connectivity index (χ0n) is 21.6. The lowest BCUT2D eigenvalue weighted by atomic mass is 9.72. The quantitative estimate of drug-likeness (QED) is 0.234. The fourth-order valence-corrected chi connectivity index (χ4v) is 6.31. The first-order chi connectivity index (χ1) is 17.7. The number of ether oxygens (including phenoxy) is 2. The van der Waals surface area contributed by atoms with Crippen molar-refractivity contribution in [2.75, 3.05) is 12.4 Å². The maximum atomic E-state index is 13.1. The number of rotatable bonds is 5. The molecule has 0 radical (unpaired) electrons. The van der Waals surface area contributed by atoms with Crippen molar-refractivity contribution in [3.05, 3.63) is 81.7 Å². The van der Waals surface area contributed by atoms with Crippen molar-refractivity contribution in [1.29, 1.82) is 0 Å². The number of anilines is 1. The highest BCUT2D eigenvalue weighted by atomic mass is 32.1. The van der Waals surface area contributed by atoms with Crippen LogP contribution in [0.1, 0.15) is 65.3 Å². The van der Waals surface area contributed by atoms with Gasteiger partial charge in [-0.1, -0.05) is 45.0 Å². The summed E-state index contributed by atoms with van der Waals surface area (Å²) in [7, 11) is 1.61. The maximum Gasteiger partial charge on any atom is 0.336 e. The van der Waals surface area contributed by atoms with E-state index in [2.05, 4.69) is 31.4 Å². The molecule has 0 fully saturated rings. The van der Waals surface area contributed by atoms with Crippen LogP contribution in [-0.2, 0) is 17.6 Å². The first kappa shape index (κ1) is 25.1. The molecule has 3 aromatic rings. The largest absolute Gasteiger partial charge is 0.497 e. The van der Waals surface area contributed by atoms with Gasteiger partial charge in [0.05, 0.1) is 12.7 Å². The molecule has 5 rings (SSSR count). The Morgan fingerprint density at radius 3 is 2.41 bits per heavy atom. The van der Waals surface area contributed by atoms with Gasteiger partial charge in [-0.2, -0.15) is 0 Å². The van der Waals surface area contributed by atoms with Crippen LogP contribution in [0.25, 0.3) is 6.08 Å². The summed E-state index contributed by atoms with van der Waals surface area (Å²) >= 11 is 1.72. The standard InChI is InChI=1S/C30H32N2O4S/c1-30(2,3)20-10-15-23-24(17-20)37-29-26(23)28(34)31-27(32-29)19-8-13-22(14-9-19)36-25(33)16-7-18-5-11-21(35-4)12-6-18/h5-9,11-14,16,20,27,32H,10,15,17H2,1-4H3,(H,31,34)/b16-7+/t20-,27+/m0/s1. The average molecular weight is 517 g/mol. The Hall–Kier alpha value is -3.58. The lowest BCUT2D eigenvalue weighted by Gasteiger charge is -2.34. The number of carbonyl (C=O) groups excluding carboxylic acids is 2. The van der Waals surface area contributed by atoms with E-state index in [1.54, 1.807) is 36.7 Å². The van der Waals surface area contributed by atoms with Crippen LogP contribution in [0.4, 0.5) is 5.00 Å². The highest BCUT2D eigenvalue weighted by Gasteiger charge is 2.36. The fourth-order valence-electron chi connectivity index (χ4n) is 4.96. The second-order valence-corrected chi connectivity index (χ2v) is 11.8. The third-order valence-electron chi connectivity index (χ3n) is 7.23. The van der Waals surface area contributed by atoms with Crippen LogP contribution in [0.3, 0.4) is 0 Å². The Bertz CT molecular complexity index is 1330. The van der Waals surface area contributed by atoms with Gasteiger partial charge < -0.3 is 20.1 Å². The minimum Gasteiger partial charge on any atom is -0.497 e. The number of esters is 1. The predicted octanol–water partition coefficient (Wildman–Crippen LogP) is 6.38. The Labute approximate surface area is 221 Å². The van der Waals surface area contributed by atoms with Crippen molar-refractivity contribution >= 4 is 34.3 Å². The number of benzene rings is 2. The SMILES string of the molecule is COc1ccc(/C=C/C(=O)Oc2ccc([C@@H]3NC(=O)c4c(sc5c4CC[C@H](C(C)(C)C)C5)N3)cc2)cc1. The molecule has 2 N–H and O–H groups in total. The molecule has 2 aromatic carbocycles. The smallest absolute Gasteiger partial charge is 0.336 e. The molecule has 0 spiro atoms. The zero-order valence-corrected chi connectivity index (χ0v) is 22.4. The molecule has 2 aliphatic rings. The van der Waals surface area contributed by atoms with E-state index in [9.17, 15) is 9.59 Å². The molecule has 2 atom stereocenters. The Morgan fingerprint density at radius 2 is 1.73 bits per heavy atom. The molecule has 2 heterocycles. The van der Waals surface area contributed by atoms with Crippen LogP contribution in [0.15, 0.2) is 54.6 Å². The van der Waals surface area contributed by atoms with Gasteiger partial charge in [-0.05, 0) is 77.6 Å². The second kappa shape index (κ2) is 10.1. The molecule has 0 bridgehead atoms. The Morgan fingerprint density at radius 1 is 1.03 bits per heavy atom. The number of hydrogen-bond acceptors (Lipinski definition) is 6.